The lowest BCUT2D eigenvalue weighted by atomic mass is 10.0. The molecule has 0 spiro atoms. The van der Waals surface area contributed by atoms with Gasteiger partial charge in [-0.25, -0.2) is 24.6 Å². The van der Waals surface area contributed by atoms with Gasteiger partial charge in [-0.2, -0.15) is 0 Å². The molecule has 0 aromatic carbocycles. The summed E-state index contributed by atoms with van der Waals surface area (Å²) in [7, 11) is 0. The van der Waals surface area contributed by atoms with Crippen LogP contribution in [0.4, 0.5) is 16.6 Å². The van der Waals surface area contributed by atoms with Crippen molar-refractivity contribution in [1.82, 2.24) is 19.9 Å². The number of rotatable bonds is 4. The Hall–Kier alpha value is -3.26. The number of halogens is 1. The maximum Gasteiger partial charge on any atom is 0.414 e. The van der Waals surface area contributed by atoms with Crippen molar-refractivity contribution in [1.29, 1.82) is 0 Å². The van der Waals surface area contributed by atoms with Gasteiger partial charge >= 0.3 is 6.09 Å². The highest BCUT2D eigenvalue weighted by Gasteiger charge is 2.23. The number of fused-ring (bicyclic) bond motifs is 1. The first-order valence-corrected chi connectivity index (χ1v) is 10.4. The molecule has 1 amide bonds. The summed E-state index contributed by atoms with van der Waals surface area (Å²) >= 11 is 6.46. The molecule has 0 radical (unpaired) electrons. The average Bonchev–Trinajstić information content (AvgIpc) is 2.74. The molecule has 0 unspecified atom stereocenters. The molecule has 4 rings (SSSR count). The predicted octanol–water partition coefficient (Wildman–Crippen LogP) is 4.27. The van der Waals surface area contributed by atoms with E-state index in [9.17, 15) is 9.90 Å². The molecule has 0 aliphatic carbocycles. The van der Waals surface area contributed by atoms with E-state index >= 15 is 0 Å². The van der Waals surface area contributed by atoms with Gasteiger partial charge in [0.05, 0.1) is 16.4 Å². The monoisotopic (exact) mass is 438 g/mol. The summed E-state index contributed by atoms with van der Waals surface area (Å²) in [5.41, 5.74) is 5.68. The van der Waals surface area contributed by atoms with Crippen molar-refractivity contribution in [2.75, 3.05) is 22.9 Å². The number of carboxylic acid groups (broad SMARTS) is 1. The highest BCUT2D eigenvalue weighted by atomic mass is 35.5. The van der Waals surface area contributed by atoms with Crippen LogP contribution in [0.1, 0.15) is 29.3 Å². The third-order valence-electron chi connectivity index (χ3n) is 5.34. The number of amides is 1. The fourth-order valence-corrected chi connectivity index (χ4v) is 3.97. The molecule has 4 heterocycles. The lowest BCUT2D eigenvalue weighted by Gasteiger charge is -2.30. The summed E-state index contributed by atoms with van der Waals surface area (Å²) < 4.78 is 0. The number of pyridine rings is 2. The van der Waals surface area contributed by atoms with Crippen LogP contribution < -0.4 is 9.80 Å². The Labute approximate surface area is 185 Å². The minimum Gasteiger partial charge on any atom is -0.465 e. The highest BCUT2D eigenvalue weighted by molar-refractivity contribution is 6.33. The molecule has 1 aliphatic rings. The topological polar surface area (TPSA) is 95.3 Å². The molecule has 3 aromatic rings. The maximum atomic E-state index is 11.4. The number of aryl methyl sites for hydroxylation is 2. The van der Waals surface area contributed by atoms with Crippen molar-refractivity contribution < 1.29 is 9.90 Å². The number of hydrogen-bond donors (Lipinski definition) is 1. The molecule has 0 bridgehead atoms. The largest absolute Gasteiger partial charge is 0.465 e. The van der Waals surface area contributed by atoms with E-state index in [2.05, 4.69) is 30.9 Å². The van der Waals surface area contributed by atoms with Gasteiger partial charge in [-0.1, -0.05) is 17.7 Å². The second-order valence-corrected chi connectivity index (χ2v) is 7.95. The second-order valence-electron chi connectivity index (χ2n) is 7.54. The van der Waals surface area contributed by atoms with Crippen molar-refractivity contribution in [2.45, 2.75) is 33.7 Å². The first kappa shape index (κ1) is 21.0. The first-order chi connectivity index (χ1) is 14.9. The number of hydrogen-bond acceptors (Lipinski definition) is 6. The Bertz CT molecular complexity index is 1150. The minimum absolute atomic E-state index is 0.218. The fraction of sp³-hybridized carbons (Fsp3) is 0.318. The zero-order valence-electron chi connectivity index (χ0n) is 17.6. The molecule has 8 nitrogen and oxygen atoms in total. The second kappa shape index (κ2) is 8.47. The van der Waals surface area contributed by atoms with Crippen LogP contribution in [-0.4, -0.2) is 44.2 Å². The van der Waals surface area contributed by atoms with Gasteiger partial charge in [0.2, 0.25) is 5.95 Å². The van der Waals surface area contributed by atoms with Crippen LogP contribution in [0.3, 0.4) is 0 Å². The summed E-state index contributed by atoms with van der Waals surface area (Å²) in [6.07, 6.45) is 4.81. The Kier molecular flexibility index (Phi) is 5.73. The number of carbonyl (C=O) groups is 1. The molecular formula is C22H23ClN6O2. The third kappa shape index (κ3) is 4.16. The summed E-state index contributed by atoms with van der Waals surface area (Å²) in [6, 6.07) is 4.05. The van der Waals surface area contributed by atoms with E-state index in [-0.39, 0.29) is 5.95 Å². The molecule has 0 fully saturated rings. The van der Waals surface area contributed by atoms with Crippen LogP contribution in [0.5, 0.6) is 0 Å². The Balaban J connectivity index is 1.62. The van der Waals surface area contributed by atoms with Gasteiger partial charge in [-0.3, -0.25) is 4.98 Å². The maximum absolute atomic E-state index is 11.4. The first-order valence-electron chi connectivity index (χ1n) is 10.1. The summed E-state index contributed by atoms with van der Waals surface area (Å²) in [4.78, 5) is 32.5. The molecule has 3 aromatic heterocycles. The van der Waals surface area contributed by atoms with E-state index in [0.717, 1.165) is 44.4 Å². The molecular weight excluding hydrogens is 416 g/mol. The van der Waals surface area contributed by atoms with Crippen molar-refractivity contribution in [3.8, 4) is 11.3 Å². The molecule has 9 heteroatoms. The van der Waals surface area contributed by atoms with Crippen LogP contribution in [-0.2, 0) is 13.0 Å². The Morgan fingerprint density at radius 1 is 1.19 bits per heavy atom. The smallest absolute Gasteiger partial charge is 0.414 e. The van der Waals surface area contributed by atoms with Crippen molar-refractivity contribution >= 4 is 29.5 Å². The van der Waals surface area contributed by atoms with Crippen molar-refractivity contribution in [2.24, 2.45) is 0 Å². The van der Waals surface area contributed by atoms with Crippen LogP contribution in [0.2, 0.25) is 5.02 Å². The van der Waals surface area contributed by atoms with Gasteiger partial charge in [-0.15, -0.1) is 0 Å². The van der Waals surface area contributed by atoms with Crippen LogP contribution in [0.25, 0.3) is 11.3 Å². The lowest BCUT2D eigenvalue weighted by Crippen LogP contribution is -2.34. The predicted molar refractivity (Wildman–Crippen MR) is 120 cm³/mol. The van der Waals surface area contributed by atoms with E-state index in [1.165, 1.54) is 0 Å². The third-order valence-corrected chi connectivity index (χ3v) is 5.65. The van der Waals surface area contributed by atoms with Gasteiger partial charge in [-0.05, 0) is 38.0 Å². The fourth-order valence-electron chi connectivity index (χ4n) is 3.77. The van der Waals surface area contributed by atoms with Crippen molar-refractivity contribution in [3.63, 3.8) is 0 Å². The van der Waals surface area contributed by atoms with Gasteiger partial charge in [0.1, 0.15) is 5.82 Å². The highest BCUT2D eigenvalue weighted by Crippen LogP contribution is 2.32. The quantitative estimate of drug-likeness (QED) is 0.649. The summed E-state index contributed by atoms with van der Waals surface area (Å²) in [5, 5.41) is 9.87. The van der Waals surface area contributed by atoms with E-state index in [4.69, 9.17) is 11.6 Å². The number of nitrogens with zero attached hydrogens (tertiary/aromatic N) is 6. The van der Waals surface area contributed by atoms with Gasteiger partial charge < -0.3 is 10.0 Å². The average molecular weight is 439 g/mol. The number of anilines is 2. The zero-order chi connectivity index (χ0) is 22.1. The normalized spacial score (nSPS) is 13.1. The molecule has 1 N–H and O–H groups in total. The molecule has 0 atom stereocenters. The molecule has 160 valence electrons. The van der Waals surface area contributed by atoms with Crippen LogP contribution in [0.15, 0.2) is 30.7 Å². The van der Waals surface area contributed by atoms with E-state index in [0.29, 0.717) is 31.1 Å². The van der Waals surface area contributed by atoms with E-state index in [1.807, 2.05) is 26.1 Å². The van der Waals surface area contributed by atoms with E-state index < -0.39 is 6.09 Å². The van der Waals surface area contributed by atoms with Gasteiger partial charge in [0, 0.05) is 55.8 Å². The SMILES string of the molecule is CCN(C(=O)O)c1ncc2c(n1)CCN(c1cc(-c3ncc(C)cc3C)c(Cl)cn1)C2. The molecule has 31 heavy (non-hydrogen) atoms. The zero-order valence-corrected chi connectivity index (χ0v) is 18.4. The van der Waals surface area contributed by atoms with Crippen molar-refractivity contribution in [3.05, 3.63) is 58.1 Å². The lowest BCUT2D eigenvalue weighted by molar-refractivity contribution is 0.201. The number of aromatic nitrogens is 4. The molecule has 1 aliphatic heterocycles. The van der Waals surface area contributed by atoms with Crippen LogP contribution >= 0.6 is 11.6 Å². The Morgan fingerprint density at radius 3 is 2.71 bits per heavy atom. The standard InChI is InChI=1S/C22H23ClN6O2/c1-4-29(22(30)31)21-26-10-15-12-28(6-5-18(15)27-21)19-8-16(17(23)11-24-19)20-14(3)7-13(2)9-25-20/h7-11H,4-6,12H2,1-3H3,(H,30,31). The Morgan fingerprint density at radius 2 is 2.00 bits per heavy atom. The van der Waals surface area contributed by atoms with E-state index in [1.54, 1.807) is 19.3 Å². The minimum atomic E-state index is -1.06. The van der Waals surface area contributed by atoms with Gasteiger partial charge in [0.15, 0.2) is 0 Å². The van der Waals surface area contributed by atoms with Gasteiger partial charge in [0.25, 0.3) is 0 Å². The molecule has 0 saturated heterocycles. The summed E-state index contributed by atoms with van der Waals surface area (Å²) in [5.74, 6) is 1.02. The summed E-state index contributed by atoms with van der Waals surface area (Å²) in [6.45, 7) is 7.38. The molecule has 0 saturated carbocycles. The van der Waals surface area contributed by atoms with Crippen LogP contribution in [0, 0.1) is 13.8 Å².